The monoisotopic (exact) mass is 286 g/mol. The van der Waals surface area contributed by atoms with Crippen molar-refractivity contribution in [1.82, 2.24) is 15.0 Å². The van der Waals surface area contributed by atoms with E-state index in [1.54, 1.807) is 0 Å². The minimum Gasteiger partial charge on any atom is -0.334 e. The van der Waals surface area contributed by atoms with Gasteiger partial charge in [0.05, 0.1) is 6.54 Å². The standard InChI is InChI=1S/C16H22N4O/c1-12(17)13-7-9-20(10-8-13)11-15-18-16(21-19-15)14-5-3-2-4-6-14/h2-6,12-13H,7-11,17H2,1H3. The van der Waals surface area contributed by atoms with Crippen molar-refractivity contribution in [2.45, 2.75) is 32.4 Å². The third kappa shape index (κ3) is 3.49. The van der Waals surface area contributed by atoms with Crippen molar-refractivity contribution < 1.29 is 4.52 Å². The van der Waals surface area contributed by atoms with Crippen LogP contribution in [0.25, 0.3) is 11.5 Å². The van der Waals surface area contributed by atoms with Crippen molar-refractivity contribution in [3.63, 3.8) is 0 Å². The highest BCUT2D eigenvalue weighted by molar-refractivity contribution is 5.51. The minimum absolute atomic E-state index is 0.294. The molecule has 0 saturated carbocycles. The molecule has 1 aliphatic rings. The Balaban J connectivity index is 1.59. The second kappa shape index (κ2) is 6.37. The summed E-state index contributed by atoms with van der Waals surface area (Å²) < 4.78 is 5.34. The predicted octanol–water partition coefficient (Wildman–Crippen LogP) is 2.30. The van der Waals surface area contributed by atoms with Crippen LogP contribution in [-0.4, -0.2) is 34.2 Å². The third-order valence-electron chi connectivity index (χ3n) is 4.23. The maximum Gasteiger partial charge on any atom is 0.257 e. The Kier molecular flexibility index (Phi) is 4.31. The largest absolute Gasteiger partial charge is 0.334 e. The van der Waals surface area contributed by atoms with Crippen molar-refractivity contribution in [2.24, 2.45) is 11.7 Å². The maximum atomic E-state index is 5.97. The average Bonchev–Trinajstić information content (AvgIpc) is 2.97. The first-order valence-electron chi connectivity index (χ1n) is 7.58. The summed E-state index contributed by atoms with van der Waals surface area (Å²) in [5.74, 6) is 2.00. The highest BCUT2D eigenvalue weighted by Gasteiger charge is 2.23. The van der Waals surface area contributed by atoms with Gasteiger partial charge in [-0.25, -0.2) is 0 Å². The van der Waals surface area contributed by atoms with E-state index in [-0.39, 0.29) is 0 Å². The smallest absolute Gasteiger partial charge is 0.257 e. The molecule has 0 spiro atoms. The fourth-order valence-electron chi connectivity index (χ4n) is 2.85. The first-order valence-corrected chi connectivity index (χ1v) is 7.58. The highest BCUT2D eigenvalue weighted by atomic mass is 16.5. The van der Waals surface area contributed by atoms with Gasteiger partial charge in [0.25, 0.3) is 5.89 Å². The number of nitrogens with zero attached hydrogens (tertiary/aromatic N) is 3. The van der Waals surface area contributed by atoms with Gasteiger partial charge >= 0.3 is 0 Å². The van der Waals surface area contributed by atoms with Crippen LogP contribution in [0.1, 0.15) is 25.6 Å². The predicted molar refractivity (Wildman–Crippen MR) is 81.4 cm³/mol. The number of nitrogens with two attached hydrogens (primary N) is 1. The molecule has 3 rings (SSSR count). The van der Waals surface area contributed by atoms with E-state index in [0.717, 1.165) is 43.9 Å². The van der Waals surface area contributed by atoms with Gasteiger partial charge in [-0.3, -0.25) is 4.90 Å². The van der Waals surface area contributed by atoms with Crippen molar-refractivity contribution >= 4 is 0 Å². The topological polar surface area (TPSA) is 68.2 Å². The minimum atomic E-state index is 0.294. The molecule has 1 atom stereocenters. The molecule has 1 fully saturated rings. The van der Waals surface area contributed by atoms with Gasteiger partial charge in [-0.15, -0.1) is 0 Å². The van der Waals surface area contributed by atoms with Gasteiger partial charge < -0.3 is 10.3 Å². The van der Waals surface area contributed by atoms with Crippen LogP contribution in [0.5, 0.6) is 0 Å². The molecule has 0 aliphatic carbocycles. The van der Waals surface area contributed by atoms with Crippen molar-refractivity contribution in [3.8, 4) is 11.5 Å². The Bertz CT molecular complexity index is 559. The highest BCUT2D eigenvalue weighted by Crippen LogP contribution is 2.21. The zero-order chi connectivity index (χ0) is 14.7. The van der Waals surface area contributed by atoms with Gasteiger partial charge in [0, 0.05) is 11.6 Å². The van der Waals surface area contributed by atoms with Gasteiger partial charge in [0.15, 0.2) is 5.82 Å². The molecule has 2 aromatic rings. The van der Waals surface area contributed by atoms with E-state index in [1.807, 2.05) is 30.3 Å². The lowest BCUT2D eigenvalue weighted by molar-refractivity contribution is 0.161. The molecule has 5 heteroatoms. The Labute approximate surface area is 125 Å². The van der Waals surface area contributed by atoms with Crippen molar-refractivity contribution in [2.75, 3.05) is 13.1 Å². The third-order valence-corrected chi connectivity index (χ3v) is 4.23. The molecule has 1 aliphatic heterocycles. The number of rotatable bonds is 4. The van der Waals surface area contributed by atoms with Gasteiger partial charge in [-0.2, -0.15) is 4.98 Å². The molecular formula is C16H22N4O. The fourth-order valence-corrected chi connectivity index (χ4v) is 2.85. The zero-order valence-electron chi connectivity index (χ0n) is 12.4. The van der Waals surface area contributed by atoms with Crippen LogP contribution < -0.4 is 5.73 Å². The van der Waals surface area contributed by atoms with Crippen LogP contribution in [0.2, 0.25) is 0 Å². The summed E-state index contributed by atoms with van der Waals surface area (Å²) in [6, 6.07) is 10.2. The van der Waals surface area contributed by atoms with Crippen molar-refractivity contribution in [3.05, 3.63) is 36.2 Å². The number of piperidine rings is 1. The Morgan fingerprint density at radius 1 is 1.29 bits per heavy atom. The molecule has 5 nitrogen and oxygen atoms in total. The molecule has 1 saturated heterocycles. The number of hydrogen-bond donors (Lipinski definition) is 1. The quantitative estimate of drug-likeness (QED) is 0.934. The maximum absolute atomic E-state index is 5.97. The van der Waals surface area contributed by atoms with E-state index >= 15 is 0 Å². The molecule has 2 heterocycles. The zero-order valence-corrected chi connectivity index (χ0v) is 12.4. The van der Waals surface area contributed by atoms with Crippen LogP contribution in [0.15, 0.2) is 34.9 Å². The summed E-state index contributed by atoms with van der Waals surface area (Å²) in [7, 11) is 0. The van der Waals surface area contributed by atoms with E-state index < -0.39 is 0 Å². The normalized spacial score (nSPS) is 18.8. The lowest BCUT2D eigenvalue weighted by atomic mass is 9.91. The van der Waals surface area contributed by atoms with E-state index in [2.05, 4.69) is 22.0 Å². The first kappa shape index (κ1) is 14.2. The van der Waals surface area contributed by atoms with E-state index in [4.69, 9.17) is 10.3 Å². The Morgan fingerprint density at radius 2 is 2.00 bits per heavy atom. The number of hydrogen-bond acceptors (Lipinski definition) is 5. The summed E-state index contributed by atoms with van der Waals surface area (Å²) in [5, 5.41) is 4.09. The summed E-state index contributed by atoms with van der Waals surface area (Å²) in [6.07, 6.45) is 2.31. The molecule has 112 valence electrons. The molecular weight excluding hydrogens is 264 g/mol. The number of benzene rings is 1. The average molecular weight is 286 g/mol. The van der Waals surface area contributed by atoms with Gasteiger partial charge in [-0.05, 0) is 50.9 Å². The summed E-state index contributed by atoms with van der Waals surface area (Å²) in [4.78, 5) is 6.86. The van der Waals surface area contributed by atoms with Crippen LogP contribution >= 0.6 is 0 Å². The molecule has 0 radical (unpaired) electrons. The summed E-state index contributed by atoms with van der Waals surface area (Å²) in [5.41, 5.74) is 6.94. The Hall–Kier alpha value is -1.72. The first-order chi connectivity index (χ1) is 10.2. The van der Waals surface area contributed by atoms with Gasteiger partial charge in [0.1, 0.15) is 0 Å². The molecule has 0 bridgehead atoms. The molecule has 0 amide bonds. The summed E-state index contributed by atoms with van der Waals surface area (Å²) in [6.45, 7) is 4.97. The van der Waals surface area contributed by atoms with Gasteiger partial charge in [0.2, 0.25) is 0 Å². The summed E-state index contributed by atoms with van der Waals surface area (Å²) >= 11 is 0. The van der Waals surface area contributed by atoms with E-state index in [1.165, 1.54) is 0 Å². The molecule has 2 N–H and O–H groups in total. The molecule has 1 unspecified atom stereocenters. The molecule has 21 heavy (non-hydrogen) atoms. The van der Waals surface area contributed by atoms with Crippen LogP contribution in [-0.2, 0) is 6.54 Å². The SMILES string of the molecule is CC(N)C1CCN(Cc2noc(-c3ccccc3)n2)CC1. The fraction of sp³-hybridized carbons (Fsp3) is 0.500. The van der Waals surface area contributed by atoms with E-state index in [9.17, 15) is 0 Å². The number of likely N-dealkylation sites (tertiary alicyclic amines) is 1. The van der Waals surface area contributed by atoms with Crippen LogP contribution in [0.4, 0.5) is 0 Å². The molecule has 1 aromatic heterocycles. The lowest BCUT2D eigenvalue weighted by Crippen LogP contribution is -2.39. The second-order valence-electron chi connectivity index (χ2n) is 5.85. The van der Waals surface area contributed by atoms with Gasteiger partial charge in [-0.1, -0.05) is 23.4 Å². The molecule has 1 aromatic carbocycles. The Morgan fingerprint density at radius 3 is 2.67 bits per heavy atom. The van der Waals surface area contributed by atoms with Crippen LogP contribution in [0.3, 0.4) is 0 Å². The van der Waals surface area contributed by atoms with E-state index in [0.29, 0.717) is 17.9 Å². The van der Waals surface area contributed by atoms with Crippen molar-refractivity contribution in [1.29, 1.82) is 0 Å². The van der Waals surface area contributed by atoms with Crippen LogP contribution in [0, 0.1) is 5.92 Å². The number of aromatic nitrogens is 2. The second-order valence-corrected chi connectivity index (χ2v) is 5.85. The lowest BCUT2D eigenvalue weighted by Gasteiger charge is -2.32.